The van der Waals surface area contributed by atoms with Crippen molar-refractivity contribution >= 4 is 40.8 Å². The molecule has 1 N–H and O–H groups in total. The Morgan fingerprint density at radius 2 is 1.70 bits per heavy atom. The van der Waals surface area contributed by atoms with Gasteiger partial charge in [0.25, 0.3) is 5.91 Å². The molecule has 0 aromatic heterocycles. The number of hydrogen-bond acceptors (Lipinski definition) is 4. The molecule has 2 rings (SSSR count). The number of anilines is 1. The zero-order valence-corrected chi connectivity index (χ0v) is 13.6. The van der Waals surface area contributed by atoms with Crippen LogP contribution in [0.4, 0.5) is 5.69 Å². The number of para-hydroxylation sites is 2. The third kappa shape index (κ3) is 4.37. The Morgan fingerprint density at radius 3 is 2.35 bits per heavy atom. The fraction of sp³-hybridized carbons (Fsp3) is 0.125. The molecule has 0 heterocycles. The van der Waals surface area contributed by atoms with E-state index in [0.29, 0.717) is 15.7 Å². The van der Waals surface area contributed by atoms with E-state index in [1.54, 1.807) is 42.5 Å². The summed E-state index contributed by atoms with van der Waals surface area (Å²) in [6.07, 6.45) is 0. The lowest BCUT2D eigenvalue weighted by Crippen LogP contribution is -2.21. The van der Waals surface area contributed by atoms with Crippen molar-refractivity contribution in [3.05, 3.63) is 58.1 Å². The van der Waals surface area contributed by atoms with E-state index in [1.807, 2.05) is 0 Å². The van der Waals surface area contributed by atoms with E-state index >= 15 is 0 Å². The lowest BCUT2D eigenvalue weighted by molar-refractivity contribution is -0.118. The van der Waals surface area contributed by atoms with Crippen LogP contribution < -0.4 is 10.1 Å². The molecule has 7 heteroatoms. The lowest BCUT2D eigenvalue weighted by Gasteiger charge is -2.11. The predicted molar refractivity (Wildman–Crippen MR) is 88.4 cm³/mol. The van der Waals surface area contributed by atoms with Crippen molar-refractivity contribution in [2.75, 3.05) is 19.0 Å². The van der Waals surface area contributed by atoms with E-state index in [9.17, 15) is 9.59 Å². The second-order valence-corrected chi connectivity index (χ2v) is 5.24. The molecule has 2 aromatic carbocycles. The standard InChI is InChI=1S/C16H13Cl2NO4/c1-22-16(21)10-5-2-3-8-13(10)23-9-14(20)19-15-11(17)6-4-7-12(15)18/h2-8H,9H2,1H3,(H,19,20). The molecule has 0 atom stereocenters. The molecule has 0 saturated carbocycles. The minimum absolute atomic E-state index is 0.235. The number of hydrogen-bond donors (Lipinski definition) is 1. The topological polar surface area (TPSA) is 64.6 Å². The summed E-state index contributed by atoms with van der Waals surface area (Å²) in [5.41, 5.74) is 0.546. The number of ether oxygens (including phenoxy) is 2. The number of methoxy groups -OCH3 is 1. The van der Waals surface area contributed by atoms with E-state index in [4.69, 9.17) is 27.9 Å². The van der Waals surface area contributed by atoms with Crippen LogP contribution in [0.2, 0.25) is 10.0 Å². The summed E-state index contributed by atoms with van der Waals surface area (Å²) in [5, 5.41) is 3.21. The summed E-state index contributed by atoms with van der Waals surface area (Å²) < 4.78 is 10.0. The highest BCUT2D eigenvalue weighted by Crippen LogP contribution is 2.29. The molecule has 120 valence electrons. The van der Waals surface area contributed by atoms with Crippen LogP contribution in [0.15, 0.2) is 42.5 Å². The maximum absolute atomic E-state index is 12.0. The summed E-state index contributed by atoms with van der Waals surface area (Å²) in [6.45, 7) is -0.310. The first kappa shape index (κ1) is 17.1. The molecule has 0 unspecified atom stereocenters. The van der Waals surface area contributed by atoms with E-state index in [0.717, 1.165) is 0 Å². The Balaban J connectivity index is 2.04. The van der Waals surface area contributed by atoms with Gasteiger partial charge in [0.15, 0.2) is 6.61 Å². The molecule has 0 aliphatic heterocycles. The van der Waals surface area contributed by atoms with E-state index in [-0.39, 0.29) is 17.9 Å². The van der Waals surface area contributed by atoms with Crippen LogP contribution in [0.25, 0.3) is 0 Å². The van der Waals surface area contributed by atoms with Gasteiger partial charge in [-0.2, -0.15) is 0 Å². The second kappa shape index (κ2) is 7.85. The van der Waals surface area contributed by atoms with Crippen LogP contribution in [-0.4, -0.2) is 25.6 Å². The third-order valence-electron chi connectivity index (χ3n) is 2.88. The predicted octanol–water partition coefficient (Wildman–Crippen LogP) is 3.80. The van der Waals surface area contributed by atoms with Gasteiger partial charge in [-0.05, 0) is 24.3 Å². The monoisotopic (exact) mass is 353 g/mol. The van der Waals surface area contributed by atoms with E-state index < -0.39 is 11.9 Å². The highest BCUT2D eigenvalue weighted by molar-refractivity contribution is 6.39. The SMILES string of the molecule is COC(=O)c1ccccc1OCC(=O)Nc1c(Cl)cccc1Cl. The molecule has 0 aliphatic rings. The van der Waals surface area contributed by atoms with Crippen molar-refractivity contribution in [2.45, 2.75) is 0 Å². The number of carbonyl (C=O) groups excluding carboxylic acids is 2. The molecule has 23 heavy (non-hydrogen) atoms. The number of carbonyl (C=O) groups is 2. The van der Waals surface area contributed by atoms with Gasteiger partial charge in [0.1, 0.15) is 11.3 Å². The van der Waals surface area contributed by atoms with Crippen molar-refractivity contribution in [1.29, 1.82) is 0 Å². The third-order valence-corrected chi connectivity index (χ3v) is 3.51. The van der Waals surface area contributed by atoms with E-state index in [2.05, 4.69) is 10.1 Å². The molecular formula is C16H13Cl2NO4. The molecule has 0 fully saturated rings. The summed E-state index contributed by atoms with van der Waals surface area (Å²) >= 11 is 12.0. The maximum Gasteiger partial charge on any atom is 0.341 e. The molecule has 5 nitrogen and oxygen atoms in total. The van der Waals surface area contributed by atoms with Gasteiger partial charge in [-0.25, -0.2) is 4.79 Å². The summed E-state index contributed by atoms with van der Waals surface area (Å²) in [4.78, 5) is 23.6. The minimum atomic E-state index is -0.546. The molecule has 2 aromatic rings. The summed E-state index contributed by atoms with van der Waals surface area (Å²) in [6, 6.07) is 11.4. The zero-order valence-electron chi connectivity index (χ0n) is 12.1. The fourth-order valence-electron chi connectivity index (χ4n) is 1.81. The number of esters is 1. The maximum atomic E-state index is 12.0. The Morgan fingerprint density at radius 1 is 1.04 bits per heavy atom. The lowest BCUT2D eigenvalue weighted by atomic mass is 10.2. The quantitative estimate of drug-likeness (QED) is 0.830. The van der Waals surface area contributed by atoms with Crippen molar-refractivity contribution in [2.24, 2.45) is 0 Å². The first-order valence-electron chi connectivity index (χ1n) is 6.57. The van der Waals surface area contributed by atoms with Gasteiger partial charge in [-0.15, -0.1) is 0 Å². The van der Waals surface area contributed by atoms with Gasteiger partial charge in [0.2, 0.25) is 0 Å². The van der Waals surface area contributed by atoms with E-state index in [1.165, 1.54) is 7.11 Å². The Kier molecular flexibility index (Phi) is 5.84. The van der Waals surface area contributed by atoms with Gasteiger partial charge in [0.05, 0.1) is 22.8 Å². The molecule has 1 amide bonds. The van der Waals surface area contributed by atoms with Crippen LogP contribution in [0, 0.1) is 0 Å². The first-order chi connectivity index (χ1) is 11.0. The number of halogens is 2. The average Bonchev–Trinajstić information content (AvgIpc) is 2.56. The van der Waals surface area contributed by atoms with Gasteiger partial charge in [-0.1, -0.05) is 41.4 Å². The average molecular weight is 354 g/mol. The fourth-order valence-corrected chi connectivity index (χ4v) is 2.30. The van der Waals surface area contributed by atoms with Gasteiger partial charge >= 0.3 is 5.97 Å². The Bertz CT molecular complexity index is 714. The van der Waals surface area contributed by atoms with Crippen LogP contribution in [-0.2, 0) is 9.53 Å². The second-order valence-electron chi connectivity index (χ2n) is 4.42. The molecule has 0 aliphatic carbocycles. The van der Waals surface area contributed by atoms with Crippen molar-refractivity contribution in [3.63, 3.8) is 0 Å². The molecule has 0 bridgehead atoms. The zero-order chi connectivity index (χ0) is 16.8. The van der Waals surface area contributed by atoms with Crippen LogP contribution in [0.3, 0.4) is 0 Å². The Hall–Kier alpha value is -2.24. The van der Waals surface area contributed by atoms with Crippen LogP contribution >= 0.6 is 23.2 Å². The summed E-state index contributed by atoms with van der Waals surface area (Å²) in [5.74, 6) is -0.755. The highest BCUT2D eigenvalue weighted by atomic mass is 35.5. The van der Waals surface area contributed by atoms with Gasteiger partial charge < -0.3 is 14.8 Å². The van der Waals surface area contributed by atoms with Crippen molar-refractivity contribution in [1.82, 2.24) is 0 Å². The van der Waals surface area contributed by atoms with Gasteiger partial charge in [-0.3, -0.25) is 4.79 Å². The molecule has 0 saturated heterocycles. The number of amides is 1. The van der Waals surface area contributed by atoms with Crippen molar-refractivity contribution in [3.8, 4) is 5.75 Å². The Labute approximate surface area is 143 Å². The normalized spacial score (nSPS) is 10.0. The minimum Gasteiger partial charge on any atom is -0.483 e. The van der Waals surface area contributed by atoms with Crippen molar-refractivity contribution < 1.29 is 19.1 Å². The largest absolute Gasteiger partial charge is 0.483 e. The number of benzene rings is 2. The number of nitrogens with one attached hydrogen (secondary N) is 1. The van der Waals surface area contributed by atoms with Gasteiger partial charge in [0, 0.05) is 0 Å². The first-order valence-corrected chi connectivity index (χ1v) is 7.32. The highest BCUT2D eigenvalue weighted by Gasteiger charge is 2.14. The molecule has 0 radical (unpaired) electrons. The van der Waals surface area contributed by atoms with Crippen LogP contribution in [0.1, 0.15) is 10.4 Å². The summed E-state index contributed by atoms with van der Waals surface area (Å²) in [7, 11) is 1.27. The molecule has 0 spiro atoms. The van der Waals surface area contributed by atoms with Crippen LogP contribution in [0.5, 0.6) is 5.75 Å². The number of rotatable bonds is 5. The molecular weight excluding hydrogens is 341 g/mol. The smallest absolute Gasteiger partial charge is 0.341 e.